The average Bonchev–Trinajstić information content (AvgIpc) is 2.59. The maximum atomic E-state index is 11.9. The highest BCUT2D eigenvalue weighted by atomic mass is 35.5. The molecule has 0 aliphatic heterocycles. The van der Waals surface area contributed by atoms with E-state index in [1.165, 1.54) is 0 Å². The Morgan fingerprint density at radius 3 is 2.23 bits per heavy atom. The van der Waals surface area contributed by atoms with Crippen molar-refractivity contribution in [2.75, 3.05) is 11.0 Å². The Kier molecular flexibility index (Phi) is 6.65. The van der Waals surface area contributed by atoms with Crippen LogP contribution in [0.1, 0.15) is 16.7 Å². The minimum absolute atomic E-state index is 0.298. The van der Waals surface area contributed by atoms with Crippen LogP contribution in [0.15, 0.2) is 49.0 Å². The fourth-order valence-corrected chi connectivity index (χ4v) is 2.92. The summed E-state index contributed by atoms with van der Waals surface area (Å²) in [5.41, 5.74) is 2.84. The molecule has 0 aliphatic rings. The monoisotopic (exact) mass is 393 g/mol. The van der Waals surface area contributed by atoms with E-state index >= 15 is 0 Å². The number of sulfonamides is 1. The standard InChI is InChI=1S/C18H20ClN3O3S/c1-3-15-10-14(6-9-17(15)22-26(2,24)25)12-21-18(23)20-11-13-4-7-16(19)8-5-13/h3-10,22H,1,11-12H2,2H3,(H2,20,21,23). The summed E-state index contributed by atoms with van der Waals surface area (Å²) in [6.07, 6.45) is 2.64. The Hall–Kier alpha value is -2.51. The molecule has 0 atom stereocenters. The van der Waals surface area contributed by atoms with Crippen molar-refractivity contribution in [1.29, 1.82) is 0 Å². The van der Waals surface area contributed by atoms with Crippen LogP contribution in [-0.2, 0) is 23.1 Å². The van der Waals surface area contributed by atoms with Gasteiger partial charge in [0, 0.05) is 18.1 Å². The molecule has 3 N–H and O–H groups in total. The van der Waals surface area contributed by atoms with E-state index in [0.717, 1.165) is 17.4 Å². The first-order valence-electron chi connectivity index (χ1n) is 7.76. The number of hydrogen-bond donors (Lipinski definition) is 3. The fourth-order valence-electron chi connectivity index (χ4n) is 2.21. The van der Waals surface area contributed by atoms with Crippen molar-refractivity contribution in [3.8, 4) is 0 Å². The Labute approximate surface area is 158 Å². The van der Waals surface area contributed by atoms with Gasteiger partial charge in [0.15, 0.2) is 0 Å². The van der Waals surface area contributed by atoms with E-state index in [2.05, 4.69) is 21.9 Å². The van der Waals surface area contributed by atoms with Crippen LogP contribution in [0.2, 0.25) is 5.02 Å². The number of urea groups is 1. The molecule has 0 aromatic heterocycles. The number of anilines is 1. The molecule has 0 bridgehead atoms. The SMILES string of the molecule is C=Cc1cc(CNC(=O)NCc2ccc(Cl)cc2)ccc1NS(C)(=O)=O. The highest BCUT2D eigenvalue weighted by molar-refractivity contribution is 7.92. The van der Waals surface area contributed by atoms with Crippen molar-refractivity contribution in [3.63, 3.8) is 0 Å². The molecule has 2 amide bonds. The smallest absolute Gasteiger partial charge is 0.315 e. The second-order valence-corrected chi connectivity index (χ2v) is 7.85. The average molecular weight is 394 g/mol. The Morgan fingerprint density at radius 1 is 1.08 bits per heavy atom. The molecule has 0 aliphatic carbocycles. The van der Waals surface area contributed by atoms with Crippen LogP contribution in [0.3, 0.4) is 0 Å². The van der Waals surface area contributed by atoms with Crippen molar-refractivity contribution in [1.82, 2.24) is 10.6 Å². The quantitative estimate of drug-likeness (QED) is 0.674. The summed E-state index contributed by atoms with van der Waals surface area (Å²) in [6.45, 7) is 4.37. The molecule has 138 valence electrons. The second-order valence-electron chi connectivity index (χ2n) is 5.66. The number of nitrogens with one attached hydrogen (secondary N) is 3. The first-order valence-corrected chi connectivity index (χ1v) is 10.0. The molecule has 2 rings (SSSR count). The highest BCUT2D eigenvalue weighted by Gasteiger charge is 2.07. The maximum Gasteiger partial charge on any atom is 0.315 e. The van der Waals surface area contributed by atoms with E-state index in [-0.39, 0.29) is 6.03 Å². The highest BCUT2D eigenvalue weighted by Crippen LogP contribution is 2.20. The lowest BCUT2D eigenvalue weighted by atomic mass is 10.1. The van der Waals surface area contributed by atoms with Gasteiger partial charge >= 0.3 is 6.03 Å². The van der Waals surface area contributed by atoms with Crippen molar-refractivity contribution in [2.24, 2.45) is 0 Å². The van der Waals surface area contributed by atoms with Crippen molar-refractivity contribution in [2.45, 2.75) is 13.1 Å². The zero-order valence-electron chi connectivity index (χ0n) is 14.3. The molecule has 8 heteroatoms. The maximum absolute atomic E-state index is 11.9. The van der Waals surface area contributed by atoms with Gasteiger partial charge in [-0.3, -0.25) is 4.72 Å². The van der Waals surface area contributed by atoms with Crippen LogP contribution >= 0.6 is 11.6 Å². The van der Waals surface area contributed by atoms with Crippen LogP contribution in [0, 0.1) is 0 Å². The predicted molar refractivity (Wildman–Crippen MR) is 106 cm³/mol. The minimum atomic E-state index is -3.37. The summed E-state index contributed by atoms with van der Waals surface area (Å²) < 4.78 is 25.1. The molecular formula is C18H20ClN3O3S. The third-order valence-electron chi connectivity index (χ3n) is 3.45. The van der Waals surface area contributed by atoms with Crippen molar-refractivity contribution in [3.05, 3.63) is 70.8 Å². The Bertz CT molecular complexity index is 896. The molecule has 6 nitrogen and oxygen atoms in total. The van der Waals surface area contributed by atoms with Gasteiger partial charge in [-0.2, -0.15) is 0 Å². The molecule has 2 aromatic rings. The number of carbonyl (C=O) groups is 1. The summed E-state index contributed by atoms with van der Waals surface area (Å²) in [6, 6.07) is 12.0. The van der Waals surface area contributed by atoms with Crippen LogP contribution < -0.4 is 15.4 Å². The molecule has 0 heterocycles. The number of hydrogen-bond acceptors (Lipinski definition) is 3. The third kappa shape index (κ3) is 6.42. The second kappa shape index (κ2) is 8.73. The molecule has 0 saturated heterocycles. The summed E-state index contributed by atoms with van der Waals surface area (Å²) in [7, 11) is -3.37. The third-order valence-corrected chi connectivity index (χ3v) is 4.29. The molecule has 0 saturated carbocycles. The van der Waals surface area contributed by atoms with Crippen molar-refractivity contribution < 1.29 is 13.2 Å². The number of rotatable bonds is 7. The van der Waals surface area contributed by atoms with E-state index in [4.69, 9.17) is 11.6 Å². The van der Waals surface area contributed by atoms with Gasteiger partial charge in [-0.25, -0.2) is 13.2 Å². The first kappa shape index (κ1) is 19.8. The molecule has 0 spiro atoms. The minimum Gasteiger partial charge on any atom is -0.334 e. The topological polar surface area (TPSA) is 87.3 Å². The van der Waals surface area contributed by atoms with Gasteiger partial charge in [-0.05, 0) is 41.0 Å². The Morgan fingerprint density at radius 2 is 1.65 bits per heavy atom. The molecular weight excluding hydrogens is 374 g/mol. The van der Waals surface area contributed by atoms with E-state index in [9.17, 15) is 13.2 Å². The van der Waals surface area contributed by atoms with Crippen molar-refractivity contribution >= 4 is 39.4 Å². The van der Waals surface area contributed by atoms with Gasteiger partial charge in [-0.1, -0.05) is 42.5 Å². The van der Waals surface area contributed by atoms with E-state index in [1.807, 2.05) is 12.1 Å². The van der Waals surface area contributed by atoms with Crippen LogP contribution in [-0.4, -0.2) is 20.7 Å². The molecule has 2 aromatic carbocycles. The van der Waals surface area contributed by atoms with Gasteiger partial charge in [0.2, 0.25) is 10.0 Å². The number of benzene rings is 2. The normalized spacial score (nSPS) is 10.8. The fraction of sp³-hybridized carbons (Fsp3) is 0.167. The van der Waals surface area contributed by atoms with Gasteiger partial charge in [-0.15, -0.1) is 0 Å². The van der Waals surface area contributed by atoms with Crippen LogP contribution in [0.25, 0.3) is 6.08 Å². The number of carbonyl (C=O) groups excluding carboxylic acids is 1. The van der Waals surface area contributed by atoms with Gasteiger partial charge in [0.05, 0.1) is 11.9 Å². The molecule has 0 fully saturated rings. The summed E-state index contributed by atoms with van der Waals surface area (Å²) in [5, 5.41) is 6.15. The zero-order valence-corrected chi connectivity index (χ0v) is 15.8. The van der Waals surface area contributed by atoms with Crippen LogP contribution in [0.5, 0.6) is 0 Å². The van der Waals surface area contributed by atoms with Gasteiger partial charge < -0.3 is 10.6 Å². The summed E-state index contributed by atoms with van der Waals surface area (Å²) in [5.74, 6) is 0. The lowest BCUT2D eigenvalue weighted by Crippen LogP contribution is -2.34. The predicted octanol–water partition coefficient (Wildman–Crippen LogP) is 3.35. The largest absolute Gasteiger partial charge is 0.334 e. The van der Waals surface area contributed by atoms with E-state index in [0.29, 0.717) is 29.4 Å². The zero-order chi connectivity index (χ0) is 19.2. The molecule has 0 unspecified atom stereocenters. The first-order chi connectivity index (χ1) is 12.3. The molecule has 0 radical (unpaired) electrons. The van der Waals surface area contributed by atoms with E-state index in [1.54, 1.807) is 36.4 Å². The van der Waals surface area contributed by atoms with Crippen LogP contribution in [0.4, 0.5) is 10.5 Å². The lowest BCUT2D eigenvalue weighted by molar-refractivity contribution is 0.240. The number of amides is 2. The van der Waals surface area contributed by atoms with Gasteiger partial charge in [0.1, 0.15) is 0 Å². The summed E-state index contributed by atoms with van der Waals surface area (Å²) in [4.78, 5) is 11.9. The number of halogens is 1. The van der Waals surface area contributed by atoms with Gasteiger partial charge in [0.25, 0.3) is 0 Å². The molecule has 26 heavy (non-hydrogen) atoms. The van der Waals surface area contributed by atoms with E-state index < -0.39 is 10.0 Å². The lowest BCUT2D eigenvalue weighted by Gasteiger charge is -2.11. The Balaban J connectivity index is 1.91. The summed E-state index contributed by atoms with van der Waals surface area (Å²) >= 11 is 5.82.